The molecular weight excluding hydrogens is 412 g/mol. The number of aliphatic hydroxyl groups excluding tert-OH is 3. The van der Waals surface area contributed by atoms with Gasteiger partial charge in [-0.2, -0.15) is 0 Å². The number of ether oxygens (including phenoxy) is 1. The standard InChI is InChI=1S/C19H22N4O4S2/c1-12-16(4-2-5-20-12)27-17-8-13(28-7-3-6-24)9-21-18(17)23-19-22-14(11-29-19)15(26)10-25/h2,4-5,8-9,11,15,24-26H,3,6-7,10H2,1H3,(H,21,22,23). The minimum absolute atomic E-state index is 0.143. The molecule has 0 aliphatic rings. The first-order valence-electron chi connectivity index (χ1n) is 8.95. The number of hydrogen-bond acceptors (Lipinski definition) is 10. The molecule has 0 aliphatic heterocycles. The van der Waals surface area contributed by atoms with E-state index in [0.29, 0.717) is 34.6 Å². The number of aryl methyl sites for hydroxylation is 1. The summed E-state index contributed by atoms with van der Waals surface area (Å²) in [4.78, 5) is 13.9. The molecule has 0 spiro atoms. The van der Waals surface area contributed by atoms with Gasteiger partial charge >= 0.3 is 0 Å². The number of nitrogens with one attached hydrogen (secondary N) is 1. The highest BCUT2D eigenvalue weighted by Gasteiger charge is 2.15. The zero-order valence-corrected chi connectivity index (χ0v) is 17.4. The molecule has 0 aliphatic carbocycles. The Bertz CT molecular complexity index is 938. The molecule has 154 valence electrons. The van der Waals surface area contributed by atoms with E-state index in [1.54, 1.807) is 35.6 Å². The zero-order chi connectivity index (χ0) is 20.6. The summed E-state index contributed by atoms with van der Waals surface area (Å²) in [6.07, 6.45) is 3.10. The highest BCUT2D eigenvalue weighted by Crippen LogP contribution is 2.35. The van der Waals surface area contributed by atoms with Gasteiger partial charge in [0.1, 0.15) is 11.9 Å². The molecule has 29 heavy (non-hydrogen) atoms. The third kappa shape index (κ3) is 5.87. The molecule has 0 radical (unpaired) electrons. The van der Waals surface area contributed by atoms with Crippen LogP contribution in [0.4, 0.5) is 10.9 Å². The Morgan fingerprint density at radius 1 is 1.28 bits per heavy atom. The average molecular weight is 435 g/mol. The predicted octanol–water partition coefficient (Wildman–Crippen LogP) is 3.28. The molecule has 0 bridgehead atoms. The summed E-state index contributed by atoms with van der Waals surface area (Å²) >= 11 is 2.87. The Balaban J connectivity index is 1.86. The van der Waals surface area contributed by atoms with Crippen molar-refractivity contribution in [1.82, 2.24) is 15.0 Å². The number of hydrogen-bond donors (Lipinski definition) is 4. The zero-order valence-electron chi connectivity index (χ0n) is 15.8. The molecular formula is C19H22N4O4S2. The molecule has 0 amide bonds. The maximum absolute atomic E-state index is 9.73. The van der Waals surface area contributed by atoms with Crippen molar-refractivity contribution in [1.29, 1.82) is 0 Å². The summed E-state index contributed by atoms with van der Waals surface area (Å²) in [5.41, 5.74) is 1.14. The fourth-order valence-electron chi connectivity index (χ4n) is 2.32. The van der Waals surface area contributed by atoms with Gasteiger partial charge in [0.05, 0.1) is 18.0 Å². The molecule has 1 unspecified atom stereocenters. The molecule has 0 fully saturated rings. The molecule has 0 aromatic carbocycles. The fraction of sp³-hybridized carbons (Fsp3) is 0.316. The molecule has 0 saturated heterocycles. The summed E-state index contributed by atoms with van der Waals surface area (Å²) in [6.45, 7) is 1.61. The molecule has 1 atom stereocenters. The van der Waals surface area contributed by atoms with Crippen LogP contribution in [0.1, 0.15) is 23.9 Å². The number of thiazole rings is 1. The molecule has 3 rings (SSSR count). The van der Waals surface area contributed by atoms with Crippen LogP contribution in [0.15, 0.2) is 40.9 Å². The quantitative estimate of drug-likeness (QED) is 0.281. The highest BCUT2D eigenvalue weighted by atomic mass is 32.2. The minimum Gasteiger partial charge on any atom is -0.452 e. The van der Waals surface area contributed by atoms with Crippen molar-refractivity contribution in [2.75, 3.05) is 24.3 Å². The van der Waals surface area contributed by atoms with Crippen LogP contribution in [0.2, 0.25) is 0 Å². The molecule has 3 aromatic heterocycles. The highest BCUT2D eigenvalue weighted by molar-refractivity contribution is 7.99. The number of anilines is 2. The van der Waals surface area contributed by atoms with Gasteiger partial charge in [0.15, 0.2) is 16.7 Å². The Labute approximate surface area is 176 Å². The number of thioether (sulfide) groups is 1. The Hall–Kier alpha value is -2.24. The summed E-state index contributed by atoms with van der Waals surface area (Å²) in [5.74, 6) is 2.37. The normalized spacial score (nSPS) is 12.0. The second-order valence-electron chi connectivity index (χ2n) is 6.03. The van der Waals surface area contributed by atoms with E-state index in [4.69, 9.17) is 14.9 Å². The number of aliphatic hydroxyl groups is 3. The first kappa shape index (κ1) is 21.5. The molecule has 4 N–H and O–H groups in total. The Morgan fingerprint density at radius 2 is 2.14 bits per heavy atom. The smallest absolute Gasteiger partial charge is 0.188 e. The fourth-order valence-corrected chi connectivity index (χ4v) is 3.90. The second kappa shape index (κ2) is 10.5. The van der Waals surface area contributed by atoms with E-state index in [1.165, 1.54) is 11.3 Å². The van der Waals surface area contributed by atoms with E-state index in [2.05, 4.69) is 20.3 Å². The van der Waals surface area contributed by atoms with E-state index in [9.17, 15) is 5.11 Å². The van der Waals surface area contributed by atoms with Crippen LogP contribution < -0.4 is 10.1 Å². The van der Waals surface area contributed by atoms with Crippen molar-refractivity contribution >= 4 is 34.0 Å². The van der Waals surface area contributed by atoms with Crippen molar-refractivity contribution in [2.45, 2.75) is 24.3 Å². The van der Waals surface area contributed by atoms with Crippen molar-refractivity contribution < 1.29 is 20.1 Å². The van der Waals surface area contributed by atoms with E-state index in [-0.39, 0.29) is 6.61 Å². The minimum atomic E-state index is -1.02. The van der Waals surface area contributed by atoms with Gasteiger partial charge in [-0.3, -0.25) is 4.98 Å². The molecule has 10 heteroatoms. The van der Waals surface area contributed by atoms with Crippen molar-refractivity contribution in [3.63, 3.8) is 0 Å². The second-order valence-corrected chi connectivity index (χ2v) is 8.06. The average Bonchev–Trinajstić information content (AvgIpc) is 3.19. The van der Waals surface area contributed by atoms with Crippen molar-refractivity contribution in [3.8, 4) is 11.5 Å². The lowest BCUT2D eigenvalue weighted by Gasteiger charge is -2.13. The molecule has 3 aromatic rings. The summed E-state index contributed by atoms with van der Waals surface area (Å²) in [5, 5.41) is 33.1. The van der Waals surface area contributed by atoms with Crippen LogP contribution in [-0.4, -0.2) is 49.2 Å². The van der Waals surface area contributed by atoms with Crippen LogP contribution in [0.25, 0.3) is 0 Å². The SMILES string of the molecule is Cc1ncccc1Oc1cc(SCCCO)cnc1Nc1nc(C(O)CO)cs1. The first-order chi connectivity index (χ1) is 14.1. The van der Waals surface area contributed by atoms with Gasteiger partial charge < -0.3 is 25.4 Å². The lowest BCUT2D eigenvalue weighted by molar-refractivity contribution is 0.0928. The third-order valence-electron chi connectivity index (χ3n) is 3.84. The largest absolute Gasteiger partial charge is 0.452 e. The number of rotatable bonds is 10. The van der Waals surface area contributed by atoms with Gasteiger partial charge in [-0.05, 0) is 31.5 Å². The Kier molecular flexibility index (Phi) is 7.78. The lowest BCUT2D eigenvalue weighted by atomic mass is 10.3. The lowest BCUT2D eigenvalue weighted by Crippen LogP contribution is -2.03. The van der Waals surface area contributed by atoms with Crippen LogP contribution in [0, 0.1) is 6.92 Å². The Morgan fingerprint density at radius 3 is 2.90 bits per heavy atom. The van der Waals surface area contributed by atoms with Gasteiger partial charge in [0.25, 0.3) is 0 Å². The van der Waals surface area contributed by atoms with E-state index < -0.39 is 12.7 Å². The number of pyridine rings is 2. The first-order valence-corrected chi connectivity index (χ1v) is 10.8. The van der Waals surface area contributed by atoms with Gasteiger partial charge in [-0.15, -0.1) is 23.1 Å². The number of nitrogens with zero attached hydrogens (tertiary/aromatic N) is 3. The van der Waals surface area contributed by atoms with Gasteiger partial charge in [-0.1, -0.05) is 0 Å². The molecule has 8 nitrogen and oxygen atoms in total. The third-order valence-corrected chi connectivity index (χ3v) is 5.66. The van der Waals surface area contributed by atoms with Crippen LogP contribution in [-0.2, 0) is 0 Å². The maximum Gasteiger partial charge on any atom is 0.188 e. The number of aromatic nitrogens is 3. The van der Waals surface area contributed by atoms with Gasteiger partial charge in [0, 0.05) is 35.0 Å². The molecule has 0 saturated carbocycles. The predicted molar refractivity (Wildman–Crippen MR) is 113 cm³/mol. The van der Waals surface area contributed by atoms with E-state index >= 15 is 0 Å². The van der Waals surface area contributed by atoms with Crippen LogP contribution >= 0.6 is 23.1 Å². The van der Waals surface area contributed by atoms with Gasteiger partial charge in [0.2, 0.25) is 0 Å². The van der Waals surface area contributed by atoms with E-state index in [0.717, 1.165) is 16.3 Å². The topological polar surface area (TPSA) is 121 Å². The maximum atomic E-state index is 9.73. The van der Waals surface area contributed by atoms with Crippen molar-refractivity contribution in [3.05, 3.63) is 47.4 Å². The summed E-state index contributed by atoms with van der Waals surface area (Å²) in [6, 6.07) is 5.50. The monoisotopic (exact) mass is 434 g/mol. The molecule has 3 heterocycles. The van der Waals surface area contributed by atoms with Crippen molar-refractivity contribution in [2.24, 2.45) is 0 Å². The van der Waals surface area contributed by atoms with Crippen LogP contribution in [0.5, 0.6) is 11.5 Å². The summed E-state index contributed by atoms with van der Waals surface area (Å²) in [7, 11) is 0. The van der Waals surface area contributed by atoms with E-state index in [1.807, 2.05) is 19.1 Å². The van der Waals surface area contributed by atoms with Gasteiger partial charge in [-0.25, -0.2) is 9.97 Å². The summed E-state index contributed by atoms with van der Waals surface area (Å²) < 4.78 is 6.07. The van der Waals surface area contributed by atoms with Crippen LogP contribution in [0.3, 0.4) is 0 Å².